The molecule has 1 rings (SSSR count). The number of thiocarbonyl (C=S) groups is 1. The van der Waals surface area contributed by atoms with E-state index in [0.29, 0.717) is 29.6 Å². The molecule has 19 heavy (non-hydrogen) atoms. The van der Waals surface area contributed by atoms with Gasteiger partial charge in [0.25, 0.3) is 0 Å². The van der Waals surface area contributed by atoms with Gasteiger partial charge in [-0.05, 0) is 32.5 Å². The van der Waals surface area contributed by atoms with Gasteiger partial charge in [-0.2, -0.15) is 5.10 Å². The second kappa shape index (κ2) is 7.73. The fourth-order valence-corrected chi connectivity index (χ4v) is 1.62. The summed E-state index contributed by atoms with van der Waals surface area (Å²) in [4.78, 5) is 11.8. The molecule has 1 aromatic heterocycles. The highest BCUT2D eigenvalue weighted by atomic mass is 32.1. The van der Waals surface area contributed by atoms with Crippen LogP contribution in [0.3, 0.4) is 0 Å². The lowest BCUT2D eigenvalue weighted by molar-refractivity contribution is 0.0527. The molecule has 1 heterocycles. The van der Waals surface area contributed by atoms with Crippen molar-refractivity contribution in [2.45, 2.75) is 33.7 Å². The Morgan fingerprint density at radius 1 is 1.47 bits per heavy atom. The molecule has 0 bridgehead atoms. The van der Waals surface area contributed by atoms with Crippen molar-refractivity contribution in [3.8, 4) is 0 Å². The highest BCUT2D eigenvalue weighted by Crippen LogP contribution is 2.14. The van der Waals surface area contributed by atoms with E-state index in [1.807, 2.05) is 13.8 Å². The SMILES string of the molecule is CCCNC(=S)Nc1nn(CC)cc1C(=O)OCC. The molecule has 0 aliphatic carbocycles. The summed E-state index contributed by atoms with van der Waals surface area (Å²) in [5.41, 5.74) is 0.393. The zero-order valence-electron chi connectivity index (χ0n) is 11.5. The van der Waals surface area contributed by atoms with Crippen LogP contribution >= 0.6 is 12.2 Å². The largest absolute Gasteiger partial charge is 0.462 e. The van der Waals surface area contributed by atoms with Crippen LogP contribution in [0.25, 0.3) is 0 Å². The summed E-state index contributed by atoms with van der Waals surface area (Å²) >= 11 is 5.13. The minimum Gasteiger partial charge on any atom is -0.462 e. The van der Waals surface area contributed by atoms with Gasteiger partial charge < -0.3 is 15.4 Å². The third kappa shape index (κ3) is 4.51. The molecule has 0 unspecified atom stereocenters. The highest BCUT2D eigenvalue weighted by Gasteiger charge is 2.17. The number of hydrogen-bond donors (Lipinski definition) is 2. The van der Waals surface area contributed by atoms with E-state index < -0.39 is 5.97 Å². The van der Waals surface area contributed by atoms with Crippen LogP contribution < -0.4 is 10.6 Å². The van der Waals surface area contributed by atoms with Gasteiger partial charge in [0.05, 0.1) is 6.61 Å². The van der Waals surface area contributed by atoms with Gasteiger partial charge in [-0.1, -0.05) is 6.92 Å². The Labute approximate surface area is 118 Å². The molecule has 0 fully saturated rings. The van der Waals surface area contributed by atoms with E-state index >= 15 is 0 Å². The zero-order valence-corrected chi connectivity index (χ0v) is 12.3. The third-order valence-electron chi connectivity index (χ3n) is 2.35. The van der Waals surface area contributed by atoms with Gasteiger partial charge in [0.2, 0.25) is 0 Å². The van der Waals surface area contributed by atoms with Crippen molar-refractivity contribution in [2.24, 2.45) is 0 Å². The molecule has 6 nitrogen and oxygen atoms in total. The Morgan fingerprint density at radius 3 is 2.79 bits per heavy atom. The number of nitrogens with zero attached hydrogens (tertiary/aromatic N) is 2. The minimum atomic E-state index is -0.400. The smallest absolute Gasteiger partial charge is 0.343 e. The number of aryl methyl sites for hydroxylation is 1. The van der Waals surface area contributed by atoms with Crippen LogP contribution in [0.2, 0.25) is 0 Å². The summed E-state index contributed by atoms with van der Waals surface area (Å²) < 4.78 is 6.66. The molecule has 0 amide bonds. The van der Waals surface area contributed by atoms with Crippen LogP contribution in [0.1, 0.15) is 37.6 Å². The maximum Gasteiger partial charge on any atom is 0.343 e. The second-order valence-corrected chi connectivity index (χ2v) is 4.26. The molecular formula is C12H20N4O2S. The van der Waals surface area contributed by atoms with Crippen molar-refractivity contribution >= 4 is 29.1 Å². The molecule has 106 valence electrons. The number of ether oxygens (including phenoxy) is 1. The van der Waals surface area contributed by atoms with Gasteiger partial charge in [-0.15, -0.1) is 0 Å². The number of nitrogens with one attached hydrogen (secondary N) is 2. The summed E-state index contributed by atoms with van der Waals surface area (Å²) in [6.07, 6.45) is 2.62. The number of carbonyl (C=O) groups excluding carboxylic acids is 1. The molecule has 0 aliphatic heterocycles. The lowest BCUT2D eigenvalue weighted by atomic mass is 10.3. The van der Waals surface area contributed by atoms with Crippen LogP contribution in [-0.4, -0.2) is 34.0 Å². The first-order valence-corrected chi connectivity index (χ1v) is 6.82. The standard InChI is InChI=1S/C12H20N4O2S/c1-4-7-13-12(19)14-10-9(11(17)18-6-3)8-16(5-2)15-10/h8H,4-7H2,1-3H3,(H2,13,14,15,19). The van der Waals surface area contributed by atoms with E-state index in [1.54, 1.807) is 17.8 Å². The van der Waals surface area contributed by atoms with Gasteiger partial charge in [0.1, 0.15) is 5.56 Å². The van der Waals surface area contributed by atoms with Crippen molar-refractivity contribution in [3.05, 3.63) is 11.8 Å². The van der Waals surface area contributed by atoms with E-state index in [0.717, 1.165) is 13.0 Å². The van der Waals surface area contributed by atoms with E-state index in [9.17, 15) is 4.79 Å². The van der Waals surface area contributed by atoms with Crippen LogP contribution in [0, 0.1) is 0 Å². The van der Waals surface area contributed by atoms with Gasteiger partial charge in [0.15, 0.2) is 10.9 Å². The number of carbonyl (C=O) groups is 1. The topological polar surface area (TPSA) is 68.2 Å². The van der Waals surface area contributed by atoms with Crippen LogP contribution in [0.15, 0.2) is 6.20 Å². The first kappa shape index (κ1) is 15.4. The maximum atomic E-state index is 11.8. The van der Waals surface area contributed by atoms with Crippen LogP contribution in [-0.2, 0) is 11.3 Å². The third-order valence-corrected chi connectivity index (χ3v) is 2.59. The number of esters is 1. The monoisotopic (exact) mass is 284 g/mol. The van der Waals surface area contributed by atoms with Gasteiger partial charge in [-0.3, -0.25) is 4.68 Å². The molecule has 0 saturated carbocycles. The van der Waals surface area contributed by atoms with E-state index in [-0.39, 0.29) is 0 Å². The first-order valence-electron chi connectivity index (χ1n) is 6.41. The molecule has 0 atom stereocenters. The van der Waals surface area contributed by atoms with Crippen LogP contribution in [0.5, 0.6) is 0 Å². The quantitative estimate of drug-likeness (QED) is 0.613. The van der Waals surface area contributed by atoms with Crippen molar-refractivity contribution in [3.63, 3.8) is 0 Å². The molecular weight excluding hydrogens is 264 g/mol. The van der Waals surface area contributed by atoms with Crippen molar-refractivity contribution in [1.82, 2.24) is 15.1 Å². The van der Waals surface area contributed by atoms with E-state index in [4.69, 9.17) is 17.0 Å². The molecule has 0 saturated heterocycles. The number of rotatable bonds is 6. The number of aromatic nitrogens is 2. The molecule has 2 N–H and O–H groups in total. The maximum absolute atomic E-state index is 11.8. The first-order chi connectivity index (χ1) is 9.12. The van der Waals surface area contributed by atoms with Gasteiger partial charge in [-0.25, -0.2) is 4.79 Å². The van der Waals surface area contributed by atoms with E-state index in [2.05, 4.69) is 15.7 Å². The van der Waals surface area contributed by atoms with Gasteiger partial charge in [0, 0.05) is 19.3 Å². The Balaban J connectivity index is 2.82. The minimum absolute atomic E-state index is 0.327. The predicted octanol–water partition coefficient (Wildman–Crippen LogP) is 1.78. The fraction of sp³-hybridized carbons (Fsp3) is 0.583. The molecule has 0 aromatic carbocycles. The van der Waals surface area contributed by atoms with Crippen LogP contribution in [0.4, 0.5) is 5.82 Å². The molecule has 0 spiro atoms. The molecule has 1 aromatic rings. The summed E-state index contributed by atoms with van der Waals surface area (Å²) in [5.74, 6) is 0.0249. The van der Waals surface area contributed by atoms with Crippen molar-refractivity contribution in [2.75, 3.05) is 18.5 Å². The number of hydrogen-bond acceptors (Lipinski definition) is 4. The molecule has 7 heteroatoms. The second-order valence-electron chi connectivity index (χ2n) is 3.85. The lowest BCUT2D eigenvalue weighted by Crippen LogP contribution is -2.29. The average molecular weight is 284 g/mol. The van der Waals surface area contributed by atoms with Crippen molar-refractivity contribution in [1.29, 1.82) is 0 Å². The van der Waals surface area contributed by atoms with Crippen molar-refractivity contribution < 1.29 is 9.53 Å². The van der Waals surface area contributed by atoms with E-state index in [1.165, 1.54) is 0 Å². The summed E-state index contributed by atoms with van der Waals surface area (Å²) in [6, 6.07) is 0. The Morgan fingerprint density at radius 2 is 2.21 bits per heavy atom. The molecule has 0 aliphatic rings. The lowest BCUT2D eigenvalue weighted by Gasteiger charge is -2.08. The highest BCUT2D eigenvalue weighted by molar-refractivity contribution is 7.80. The Bertz CT molecular complexity index is 445. The van der Waals surface area contributed by atoms with Gasteiger partial charge >= 0.3 is 5.97 Å². The summed E-state index contributed by atoms with van der Waals surface area (Å²) in [5, 5.41) is 10.7. The summed E-state index contributed by atoms with van der Waals surface area (Å²) in [6.45, 7) is 7.53. The predicted molar refractivity (Wildman–Crippen MR) is 78.4 cm³/mol. The number of anilines is 1. The normalized spacial score (nSPS) is 10.1. The summed E-state index contributed by atoms with van der Waals surface area (Å²) in [7, 11) is 0. The zero-order chi connectivity index (χ0) is 14.3. The Hall–Kier alpha value is -1.63. The fourth-order valence-electron chi connectivity index (χ4n) is 1.42. The molecule has 0 radical (unpaired) electrons. The average Bonchev–Trinajstić information content (AvgIpc) is 2.79. The Kier molecular flexibility index (Phi) is 6.27.